The number of fused-ring (bicyclic) bond motifs is 1. The van der Waals surface area contributed by atoms with Gasteiger partial charge in [0.25, 0.3) is 0 Å². The molecular formula is C19H21NO4. The zero-order valence-corrected chi connectivity index (χ0v) is 13.9. The van der Waals surface area contributed by atoms with E-state index in [1.807, 2.05) is 49.4 Å². The van der Waals surface area contributed by atoms with Crippen molar-refractivity contribution in [2.24, 2.45) is 0 Å². The first-order valence-corrected chi connectivity index (χ1v) is 7.97. The molecule has 0 radical (unpaired) electrons. The van der Waals surface area contributed by atoms with Crippen LogP contribution in [0.4, 0.5) is 0 Å². The number of hydrogen-bond donors (Lipinski definition) is 1. The largest absolute Gasteiger partial charge is 0.497 e. The van der Waals surface area contributed by atoms with Crippen LogP contribution in [0.15, 0.2) is 42.5 Å². The van der Waals surface area contributed by atoms with Gasteiger partial charge in [0.15, 0.2) is 11.5 Å². The summed E-state index contributed by atoms with van der Waals surface area (Å²) in [6, 6.07) is 13.4. The molecule has 5 heteroatoms. The molecule has 0 spiro atoms. The fourth-order valence-corrected chi connectivity index (χ4v) is 2.67. The van der Waals surface area contributed by atoms with Crippen molar-refractivity contribution in [3.05, 3.63) is 53.6 Å². The lowest BCUT2D eigenvalue weighted by Crippen LogP contribution is -2.26. The van der Waals surface area contributed by atoms with E-state index in [1.54, 1.807) is 7.11 Å². The van der Waals surface area contributed by atoms with E-state index in [-0.39, 0.29) is 18.7 Å². The molecule has 1 atom stereocenters. The number of amides is 1. The van der Waals surface area contributed by atoms with Crippen LogP contribution in [0.2, 0.25) is 0 Å². The van der Waals surface area contributed by atoms with Gasteiger partial charge in [0.05, 0.1) is 13.2 Å². The SMILES string of the molecule is COc1cccc(CCC(=O)NC(C)c2ccc3c(c2)OCO3)c1. The molecule has 1 aliphatic heterocycles. The Morgan fingerprint density at radius 1 is 1.21 bits per heavy atom. The second-order valence-electron chi connectivity index (χ2n) is 5.75. The summed E-state index contributed by atoms with van der Waals surface area (Å²) in [5.74, 6) is 2.30. The van der Waals surface area contributed by atoms with E-state index in [0.717, 1.165) is 28.4 Å². The minimum absolute atomic E-state index is 0.0167. The van der Waals surface area contributed by atoms with Crippen molar-refractivity contribution >= 4 is 5.91 Å². The lowest BCUT2D eigenvalue weighted by Gasteiger charge is -2.15. The Morgan fingerprint density at radius 2 is 2.04 bits per heavy atom. The first-order valence-electron chi connectivity index (χ1n) is 7.97. The molecule has 2 aromatic rings. The van der Waals surface area contributed by atoms with Gasteiger partial charge in [-0.25, -0.2) is 0 Å². The van der Waals surface area contributed by atoms with Crippen LogP contribution in [0.1, 0.15) is 30.5 Å². The molecule has 0 saturated heterocycles. The predicted octanol–water partition coefficient (Wildman–Crippen LogP) is 3.23. The highest BCUT2D eigenvalue weighted by molar-refractivity contribution is 5.76. The van der Waals surface area contributed by atoms with Gasteiger partial charge in [-0.05, 0) is 48.7 Å². The van der Waals surface area contributed by atoms with Crippen molar-refractivity contribution in [2.75, 3.05) is 13.9 Å². The number of carbonyl (C=O) groups excluding carboxylic acids is 1. The third kappa shape index (κ3) is 3.79. The van der Waals surface area contributed by atoms with Crippen molar-refractivity contribution in [1.29, 1.82) is 0 Å². The summed E-state index contributed by atoms with van der Waals surface area (Å²) < 4.78 is 15.9. The Bertz CT molecular complexity index is 729. The monoisotopic (exact) mass is 327 g/mol. The topological polar surface area (TPSA) is 56.8 Å². The first kappa shape index (κ1) is 16.2. The Kier molecular flexibility index (Phi) is 4.89. The first-order chi connectivity index (χ1) is 11.7. The summed E-state index contributed by atoms with van der Waals surface area (Å²) in [6.07, 6.45) is 1.11. The van der Waals surface area contributed by atoms with Crippen LogP contribution in [-0.4, -0.2) is 19.8 Å². The average Bonchev–Trinajstić information content (AvgIpc) is 3.07. The normalized spacial score (nSPS) is 13.4. The maximum absolute atomic E-state index is 12.2. The van der Waals surface area contributed by atoms with Gasteiger partial charge < -0.3 is 19.5 Å². The second kappa shape index (κ2) is 7.25. The van der Waals surface area contributed by atoms with Crippen LogP contribution >= 0.6 is 0 Å². The van der Waals surface area contributed by atoms with E-state index in [0.29, 0.717) is 12.8 Å². The summed E-state index contributed by atoms with van der Waals surface area (Å²) in [5.41, 5.74) is 2.08. The molecule has 1 amide bonds. The predicted molar refractivity (Wildman–Crippen MR) is 90.4 cm³/mol. The number of carbonyl (C=O) groups is 1. The van der Waals surface area contributed by atoms with Crippen molar-refractivity contribution < 1.29 is 19.0 Å². The molecule has 5 nitrogen and oxygen atoms in total. The molecule has 1 unspecified atom stereocenters. The Hall–Kier alpha value is -2.69. The highest BCUT2D eigenvalue weighted by Gasteiger charge is 2.16. The zero-order valence-electron chi connectivity index (χ0n) is 13.9. The van der Waals surface area contributed by atoms with Gasteiger partial charge in [0, 0.05) is 6.42 Å². The van der Waals surface area contributed by atoms with E-state index >= 15 is 0 Å². The van der Waals surface area contributed by atoms with Crippen molar-refractivity contribution in [3.8, 4) is 17.2 Å². The highest BCUT2D eigenvalue weighted by atomic mass is 16.7. The number of rotatable bonds is 6. The standard InChI is InChI=1S/C19H21NO4/c1-13(15-7-8-17-18(11-15)24-12-23-17)20-19(21)9-6-14-4-3-5-16(10-14)22-2/h3-5,7-8,10-11,13H,6,9,12H2,1-2H3,(H,20,21). The van der Waals surface area contributed by atoms with E-state index in [4.69, 9.17) is 14.2 Å². The summed E-state index contributed by atoms with van der Waals surface area (Å²) >= 11 is 0. The number of ether oxygens (including phenoxy) is 3. The van der Waals surface area contributed by atoms with Crippen LogP contribution in [0.5, 0.6) is 17.2 Å². The third-order valence-electron chi connectivity index (χ3n) is 4.05. The maximum Gasteiger partial charge on any atom is 0.231 e. The Labute approximate surface area is 141 Å². The molecule has 1 heterocycles. The van der Waals surface area contributed by atoms with Gasteiger partial charge in [-0.2, -0.15) is 0 Å². The molecule has 0 aliphatic carbocycles. The molecule has 0 saturated carbocycles. The summed E-state index contributed by atoms with van der Waals surface area (Å²) in [4.78, 5) is 12.2. The molecule has 0 aromatic heterocycles. The molecule has 24 heavy (non-hydrogen) atoms. The van der Waals surface area contributed by atoms with Crippen molar-refractivity contribution in [2.45, 2.75) is 25.8 Å². The molecule has 1 aliphatic rings. The van der Waals surface area contributed by atoms with Crippen LogP contribution in [-0.2, 0) is 11.2 Å². The fourth-order valence-electron chi connectivity index (χ4n) is 2.67. The van der Waals surface area contributed by atoms with Gasteiger partial charge in [-0.1, -0.05) is 18.2 Å². The fraction of sp³-hybridized carbons (Fsp3) is 0.316. The average molecular weight is 327 g/mol. The van der Waals surface area contributed by atoms with Crippen molar-refractivity contribution in [1.82, 2.24) is 5.32 Å². The molecule has 3 rings (SSSR count). The maximum atomic E-state index is 12.2. The lowest BCUT2D eigenvalue weighted by molar-refractivity contribution is -0.121. The molecule has 126 valence electrons. The van der Waals surface area contributed by atoms with Crippen LogP contribution in [0, 0.1) is 0 Å². The lowest BCUT2D eigenvalue weighted by atomic mass is 10.1. The van der Waals surface area contributed by atoms with Crippen LogP contribution < -0.4 is 19.5 Å². The van der Waals surface area contributed by atoms with E-state index in [9.17, 15) is 4.79 Å². The molecule has 1 N–H and O–H groups in total. The van der Waals surface area contributed by atoms with Gasteiger partial charge in [-0.3, -0.25) is 4.79 Å². The smallest absolute Gasteiger partial charge is 0.231 e. The van der Waals surface area contributed by atoms with Gasteiger partial charge in [0.2, 0.25) is 12.7 Å². The number of benzene rings is 2. The summed E-state index contributed by atoms with van der Waals surface area (Å²) in [6.45, 7) is 2.21. The number of methoxy groups -OCH3 is 1. The highest BCUT2D eigenvalue weighted by Crippen LogP contribution is 2.34. The molecular weight excluding hydrogens is 306 g/mol. The molecule has 2 aromatic carbocycles. The van der Waals surface area contributed by atoms with Crippen LogP contribution in [0.3, 0.4) is 0 Å². The second-order valence-corrected chi connectivity index (χ2v) is 5.75. The van der Waals surface area contributed by atoms with E-state index in [1.165, 1.54) is 0 Å². The Morgan fingerprint density at radius 3 is 2.88 bits per heavy atom. The number of nitrogens with one attached hydrogen (secondary N) is 1. The quantitative estimate of drug-likeness (QED) is 0.885. The Balaban J connectivity index is 1.54. The third-order valence-corrected chi connectivity index (χ3v) is 4.05. The minimum Gasteiger partial charge on any atom is -0.497 e. The van der Waals surface area contributed by atoms with Crippen molar-refractivity contribution in [3.63, 3.8) is 0 Å². The van der Waals surface area contributed by atoms with Crippen LogP contribution in [0.25, 0.3) is 0 Å². The van der Waals surface area contributed by atoms with E-state index in [2.05, 4.69) is 5.32 Å². The number of hydrogen-bond acceptors (Lipinski definition) is 4. The molecule has 0 fully saturated rings. The van der Waals surface area contributed by atoms with Gasteiger partial charge in [-0.15, -0.1) is 0 Å². The van der Waals surface area contributed by atoms with Gasteiger partial charge >= 0.3 is 0 Å². The number of aryl methyl sites for hydroxylation is 1. The van der Waals surface area contributed by atoms with E-state index < -0.39 is 0 Å². The minimum atomic E-state index is -0.0858. The van der Waals surface area contributed by atoms with Gasteiger partial charge in [0.1, 0.15) is 5.75 Å². The summed E-state index contributed by atoms with van der Waals surface area (Å²) in [7, 11) is 1.64. The zero-order chi connectivity index (χ0) is 16.9. The summed E-state index contributed by atoms with van der Waals surface area (Å²) in [5, 5.41) is 3.02. The molecule has 0 bridgehead atoms.